The first kappa shape index (κ1) is 15.8. The van der Waals surface area contributed by atoms with Crippen LogP contribution in [-0.2, 0) is 0 Å². The first-order valence-corrected chi connectivity index (χ1v) is 6.93. The zero-order valence-electron chi connectivity index (χ0n) is 12.6. The van der Waals surface area contributed by atoms with Crippen molar-refractivity contribution in [2.24, 2.45) is 5.73 Å². The van der Waals surface area contributed by atoms with Crippen molar-refractivity contribution in [2.75, 3.05) is 18.9 Å². The molecule has 0 radical (unpaired) electrons. The quantitative estimate of drug-likeness (QED) is 0.615. The lowest BCUT2D eigenvalue weighted by Gasteiger charge is -2.13. The predicted octanol–water partition coefficient (Wildman–Crippen LogP) is 0.524. The molecule has 0 unspecified atom stereocenters. The lowest BCUT2D eigenvalue weighted by Crippen LogP contribution is -2.27. The van der Waals surface area contributed by atoms with Crippen molar-refractivity contribution < 1.29 is 9.53 Å². The average Bonchev–Trinajstić information content (AvgIpc) is 2.93. The Morgan fingerprint density at radius 2 is 2.27 bits per heavy atom. The van der Waals surface area contributed by atoms with Crippen LogP contribution in [0, 0.1) is 6.92 Å². The summed E-state index contributed by atoms with van der Waals surface area (Å²) in [5, 5.41) is 9.23. The number of aryl methyl sites for hydroxylation is 1. The summed E-state index contributed by atoms with van der Waals surface area (Å²) >= 11 is 0. The minimum Gasteiger partial charge on any atom is -0.492 e. The summed E-state index contributed by atoms with van der Waals surface area (Å²) in [6.45, 7) is 4.52. The lowest BCUT2D eigenvalue weighted by atomic mass is 10.1. The Balaban J connectivity index is 2.08. The minimum absolute atomic E-state index is 0.143. The van der Waals surface area contributed by atoms with Gasteiger partial charge in [-0.25, -0.2) is 0 Å². The number of nitrogens with zero attached hydrogens (tertiary/aromatic N) is 2. The maximum absolute atomic E-state index is 12.3. The van der Waals surface area contributed by atoms with Gasteiger partial charge in [0.05, 0.1) is 6.04 Å². The number of H-pyrrole nitrogens is 1. The zero-order valence-corrected chi connectivity index (χ0v) is 12.6. The number of nitrogen functional groups attached to an aromatic ring is 1. The van der Waals surface area contributed by atoms with E-state index in [2.05, 4.69) is 20.5 Å². The van der Waals surface area contributed by atoms with E-state index >= 15 is 0 Å². The van der Waals surface area contributed by atoms with Crippen molar-refractivity contribution in [1.82, 2.24) is 20.5 Å². The molecule has 1 amide bonds. The third kappa shape index (κ3) is 3.73. The van der Waals surface area contributed by atoms with Crippen LogP contribution in [0.4, 0.5) is 5.95 Å². The van der Waals surface area contributed by atoms with Crippen LogP contribution in [0.3, 0.4) is 0 Å². The first-order chi connectivity index (χ1) is 10.5. The van der Waals surface area contributed by atoms with Gasteiger partial charge in [-0.3, -0.25) is 9.89 Å². The van der Waals surface area contributed by atoms with E-state index in [9.17, 15) is 4.79 Å². The number of benzene rings is 1. The molecule has 0 saturated heterocycles. The molecule has 8 heteroatoms. The second-order valence-electron chi connectivity index (χ2n) is 4.89. The van der Waals surface area contributed by atoms with Gasteiger partial charge in [-0.15, -0.1) is 5.10 Å². The Morgan fingerprint density at radius 3 is 2.91 bits per heavy atom. The summed E-state index contributed by atoms with van der Waals surface area (Å²) in [4.78, 5) is 16.3. The number of carbonyl (C=O) groups is 1. The van der Waals surface area contributed by atoms with Gasteiger partial charge in [0, 0.05) is 12.1 Å². The van der Waals surface area contributed by atoms with Gasteiger partial charge in [-0.2, -0.15) is 4.98 Å². The largest absolute Gasteiger partial charge is 0.492 e. The molecule has 2 aromatic rings. The van der Waals surface area contributed by atoms with Gasteiger partial charge < -0.3 is 21.5 Å². The smallest absolute Gasteiger partial charge is 0.251 e. The molecule has 0 saturated carbocycles. The molecule has 0 fully saturated rings. The summed E-state index contributed by atoms with van der Waals surface area (Å²) in [6.07, 6.45) is 0. The normalized spacial score (nSPS) is 12.0. The molecule has 6 N–H and O–H groups in total. The van der Waals surface area contributed by atoms with Crippen LogP contribution in [0.2, 0.25) is 0 Å². The number of rotatable bonds is 6. The highest BCUT2D eigenvalue weighted by Gasteiger charge is 2.15. The molecule has 0 bridgehead atoms. The highest BCUT2D eigenvalue weighted by Crippen LogP contribution is 2.20. The van der Waals surface area contributed by atoms with E-state index in [1.807, 2.05) is 13.0 Å². The highest BCUT2D eigenvalue weighted by atomic mass is 16.5. The van der Waals surface area contributed by atoms with Gasteiger partial charge in [0.2, 0.25) is 5.95 Å². The third-order valence-corrected chi connectivity index (χ3v) is 3.10. The molecule has 1 aromatic heterocycles. The Bertz CT molecular complexity index is 655. The van der Waals surface area contributed by atoms with Gasteiger partial charge in [0.15, 0.2) is 0 Å². The van der Waals surface area contributed by atoms with Crippen LogP contribution >= 0.6 is 0 Å². The molecule has 1 aromatic carbocycles. The van der Waals surface area contributed by atoms with Crippen LogP contribution in [0.1, 0.15) is 34.7 Å². The Kier molecular flexibility index (Phi) is 4.95. The number of anilines is 1. The standard InChI is InChI=1S/C14H20N6O2/c1-8-3-4-10(7-11(8)22-6-5-15)13(21)17-9(2)12-18-14(16)20-19-12/h3-4,7,9H,5-6,15H2,1-2H3,(H,17,21)(H3,16,18,19,20)/t9-/m0/s1. The van der Waals surface area contributed by atoms with E-state index in [0.29, 0.717) is 30.3 Å². The molecule has 0 aliphatic heterocycles. The Morgan fingerprint density at radius 1 is 1.50 bits per heavy atom. The number of aromatic amines is 1. The number of hydrogen-bond donors (Lipinski definition) is 4. The van der Waals surface area contributed by atoms with Crippen LogP contribution in [-0.4, -0.2) is 34.2 Å². The molecule has 1 atom stereocenters. The molecular formula is C14H20N6O2. The number of nitrogens with one attached hydrogen (secondary N) is 2. The number of hydrogen-bond acceptors (Lipinski definition) is 6. The Hall–Kier alpha value is -2.61. The molecular weight excluding hydrogens is 284 g/mol. The fraction of sp³-hybridized carbons (Fsp3) is 0.357. The molecule has 0 aliphatic rings. The summed E-state index contributed by atoms with van der Waals surface area (Å²) < 4.78 is 5.52. The first-order valence-electron chi connectivity index (χ1n) is 6.93. The Labute approximate surface area is 128 Å². The van der Waals surface area contributed by atoms with E-state index in [-0.39, 0.29) is 17.9 Å². The fourth-order valence-electron chi connectivity index (χ4n) is 1.90. The number of carbonyl (C=O) groups excluding carboxylic acids is 1. The van der Waals surface area contributed by atoms with Crippen molar-refractivity contribution in [2.45, 2.75) is 19.9 Å². The lowest BCUT2D eigenvalue weighted by molar-refractivity contribution is 0.0938. The maximum Gasteiger partial charge on any atom is 0.251 e. The van der Waals surface area contributed by atoms with E-state index in [1.54, 1.807) is 19.1 Å². The SMILES string of the molecule is Cc1ccc(C(=O)N[C@@H](C)c2nc(N)n[nH]2)cc1OCCN. The summed E-state index contributed by atoms with van der Waals surface area (Å²) in [5.74, 6) is 1.05. The highest BCUT2D eigenvalue weighted by molar-refractivity contribution is 5.94. The monoisotopic (exact) mass is 304 g/mol. The van der Waals surface area contributed by atoms with Crippen LogP contribution in [0.15, 0.2) is 18.2 Å². The third-order valence-electron chi connectivity index (χ3n) is 3.10. The minimum atomic E-state index is -0.341. The second-order valence-corrected chi connectivity index (χ2v) is 4.89. The second kappa shape index (κ2) is 6.90. The molecule has 8 nitrogen and oxygen atoms in total. The van der Waals surface area contributed by atoms with Crippen LogP contribution in [0.5, 0.6) is 5.75 Å². The predicted molar refractivity (Wildman–Crippen MR) is 82.4 cm³/mol. The van der Waals surface area contributed by atoms with Crippen LogP contribution < -0.4 is 21.5 Å². The average molecular weight is 304 g/mol. The number of nitrogens with two attached hydrogens (primary N) is 2. The van der Waals surface area contributed by atoms with Gasteiger partial charge in [-0.1, -0.05) is 6.07 Å². The topological polar surface area (TPSA) is 132 Å². The van der Waals surface area contributed by atoms with E-state index in [1.165, 1.54) is 0 Å². The number of aromatic nitrogens is 3. The van der Waals surface area contributed by atoms with Crippen molar-refractivity contribution in [3.8, 4) is 5.75 Å². The van der Waals surface area contributed by atoms with Gasteiger partial charge in [-0.05, 0) is 31.5 Å². The number of amides is 1. The summed E-state index contributed by atoms with van der Waals surface area (Å²) in [5.41, 5.74) is 12.3. The zero-order chi connectivity index (χ0) is 16.1. The number of ether oxygens (including phenoxy) is 1. The van der Waals surface area contributed by atoms with Crippen molar-refractivity contribution in [3.05, 3.63) is 35.2 Å². The summed E-state index contributed by atoms with van der Waals surface area (Å²) in [7, 11) is 0. The van der Waals surface area contributed by atoms with Crippen LogP contribution in [0.25, 0.3) is 0 Å². The summed E-state index contributed by atoms with van der Waals surface area (Å²) in [6, 6.07) is 4.92. The fourth-order valence-corrected chi connectivity index (χ4v) is 1.90. The van der Waals surface area contributed by atoms with Gasteiger partial charge in [0.1, 0.15) is 18.2 Å². The molecule has 118 valence electrons. The van der Waals surface area contributed by atoms with Crippen molar-refractivity contribution in [1.29, 1.82) is 0 Å². The molecule has 2 rings (SSSR count). The van der Waals surface area contributed by atoms with Gasteiger partial charge in [0.25, 0.3) is 5.91 Å². The van der Waals surface area contributed by atoms with E-state index in [0.717, 1.165) is 5.56 Å². The van der Waals surface area contributed by atoms with E-state index < -0.39 is 0 Å². The van der Waals surface area contributed by atoms with Crippen molar-refractivity contribution in [3.63, 3.8) is 0 Å². The molecule has 0 aliphatic carbocycles. The molecule has 0 spiro atoms. The van der Waals surface area contributed by atoms with E-state index in [4.69, 9.17) is 16.2 Å². The maximum atomic E-state index is 12.3. The molecule has 22 heavy (non-hydrogen) atoms. The van der Waals surface area contributed by atoms with Crippen molar-refractivity contribution >= 4 is 11.9 Å². The van der Waals surface area contributed by atoms with Gasteiger partial charge >= 0.3 is 0 Å². The molecule has 1 heterocycles.